The number of nitrogens with one attached hydrogen (secondary N) is 3. The largest absolute Gasteiger partial charge is 0.481 e. The molecule has 0 bridgehead atoms. The molecule has 0 spiro atoms. The SMILES string of the molecule is CC[C@@]1(O)C(=O)OCc2c1cc1n(c2=O)Cc2c-1nc1cc(F)c(C)c3c1c2[C@@H](NC(=O)O[C@H]1/C=C/CC[C@@](C)(C(=O)NCCOCCOCCOCCNCCOCCOCCOCCC(=O)O)CC1)CC3. The monoisotopic (exact) mass is 1020 g/mol. The molecule has 0 unspecified atom stereocenters. The molecule has 2 aliphatic carbocycles. The van der Waals surface area contributed by atoms with E-state index in [0.29, 0.717) is 164 Å². The third kappa shape index (κ3) is 13.7. The molecule has 400 valence electrons. The number of hydrogen-bond donors (Lipinski definition) is 5. The molecule has 4 heterocycles. The quantitative estimate of drug-likeness (QED) is 0.0306. The highest BCUT2D eigenvalue weighted by molar-refractivity contribution is 5.93. The van der Waals surface area contributed by atoms with E-state index in [1.807, 2.05) is 19.1 Å². The van der Waals surface area contributed by atoms with Gasteiger partial charge in [-0.2, -0.15) is 0 Å². The summed E-state index contributed by atoms with van der Waals surface area (Å²) in [4.78, 5) is 69.5. The first-order chi connectivity index (χ1) is 35.3. The summed E-state index contributed by atoms with van der Waals surface area (Å²) in [6.45, 7) is 11.6. The Morgan fingerprint density at radius 1 is 0.863 bits per heavy atom. The number of allylic oxidation sites excluding steroid dienone is 1. The van der Waals surface area contributed by atoms with Crippen LogP contribution in [0.5, 0.6) is 0 Å². The fourth-order valence-electron chi connectivity index (χ4n) is 9.78. The molecule has 1 aromatic carbocycles. The Hall–Kier alpha value is -5.39. The maximum Gasteiger partial charge on any atom is 0.408 e. The number of aliphatic hydroxyl groups is 1. The molecule has 2 aliphatic heterocycles. The van der Waals surface area contributed by atoms with Crippen LogP contribution in [0, 0.1) is 18.2 Å². The van der Waals surface area contributed by atoms with Gasteiger partial charge in [0.25, 0.3) is 5.56 Å². The molecule has 0 fully saturated rings. The molecular weight excluding hydrogens is 954 g/mol. The van der Waals surface area contributed by atoms with E-state index < -0.39 is 52.6 Å². The highest BCUT2D eigenvalue weighted by atomic mass is 19.1. The minimum absolute atomic E-state index is 0.0126. The highest BCUT2D eigenvalue weighted by Gasteiger charge is 2.46. The zero-order valence-electron chi connectivity index (χ0n) is 42.1. The summed E-state index contributed by atoms with van der Waals surface area (Å²) in [5.41, 5.74) is 1.05. The van der Waals surface area contributed by atoms with E-state index in [0.717, 1.165) is 11.1 Å². The molecule has 0 radical (unpaired) electrons. The summed E-state index contributed by atoms with van der Waals surface area (Å²) in [5.74, 6) is -2.24. The molecule has 73 heavy (non-hydrogen) atoms. The van der Waals surface area contributed by atoms with Gasteiger partial charge >= 0.3 is 18.0 Å². The fourth-order valence-corrected chi connectivity index (χ4v) is 9.78. The van der Waals surface area contributed by atoms with Crippen LogP contribution in [-0.4, -0.2) is 149 Å². The van der Waals surface area contributed by atoms with Gasteiger partial charge in [-0.1, -0.05) is 19.9 Å². The molecule has 2 amide bonds. The maximum absolute atomic E-state index is 15.4. The number of hydrogen-bond acceptors (Lipinski definition) is 16. The number of esters is 1. The van der Waals surface area contributed by atoms with Crippen molar-refractivity contribution >= 4 is 34.8 Å². The number of carboxylic acids is 1. The Labute approximate surface area is 423 Å². The number of aromatic nitrogens is 2. The predicted octanol–water partition coefficient (Wildman–Crippen LogP) is 4.03. The summed E-state index contributed by atoms with van der Waals surface area (Å²) >= 11 is 0. The molecule has 7 rings (SSSR count). The van der Waals surface area contributed by atoms with E-state index in [4.69, 9.17) is 48.0 Å². The third-order valence-corrected chi connectivity index (χ3v) is 14.0. The summed E-state index contributed by atoms with van der Waals surface area (Å²) < 4.78 is 61.1. The van der Waals surface area contributed by atoms with E-state index in [9.17, 15) is 29.1 Å². The molecule has 0 saturated heterocycles. The maximum atomic E-state index is 15.4. The van der Waals surface area contributed by atoms with Crippen LogP contribution in [0.3, 0.4) is 0 Å². The summed E-state index contributed by atoms with van der Waals surface area (Å²) in [6.07, 6.45) is 5.49. The predicted molar refractivity (Wildman–Crippen MR) is 262 cm³/mol. The number of carbonyl (C=O) groups is 4. The van der Waals surface area contributed by atoms with Crippen molar-refractivity contribution in [3.8, 4) is 11.4 Å². The number of pyridine rings is 2. The van der Waals surface area contributed by atoms with E-state index in [1.165, 1.54) is 10.6 Å². The number of halogens is 1. The number of aryl methyl sites for hydroxylation is 1. The summed E-state index contributed by atoms with van der Waals surface area (Å²) in [7, 11) is 0. The Balaban J connectivity index is 0.805. The number of nitrogens with zero attached hydrogens (tertiary/aromatic N) is 2. The van der Waals surface area contributed by atoms with Crippen molar-refractivity contribution < 1.29 is 71.7 Å². The molecule has 4 aliphatic rings. The first-order valence-electron chi connectivity index (χ1n) is 25.4. The number of carbonyl (C=O) groups excluding carboxylic acids is 3. The third-order valence-electron chi connectivity index (χ3n) is 14.0. The molecule has 4 atom stereocenters. The van der Waals surface area contributed by atoms with E-state index in [-0.39, 0.29) is 49.6 Å². The average molecular weight is 1020 g/mol. The average Bonchev–Trinajstić information content (AvgIpc) is 3.74. The van der Waals surface area contributed by atoms with Gasteiger partial charge in [-0.3, -0.25) is 14.4 Å². The van der Waals surface area contributed by atoms with Crippen LogP contribution >= 0.6 is 0 Å². The molecular formula is C52H70FN5O15. The molecule has 20 nitrogen and oxygen atoms in total. The fraction of sp³-hybridized carbons (Fsp3) is 0.615. The first-order valence-corrected chi connectivity index (χ1v) is 25.4. The van der Waals surface area contributed by atoms with Gasteiger partial charge in [0.1, 0.15) is 18.5 Å². The zero-order chi connectivity index (χ0) is 52.0. The number of benzene rings is 1. The van der Waals surface area contributed by atoms with Crippen molar-refractivity contribution in [3.05, 3.63) is 73.8 Å². The van der Waals surface area contributed by atoms with Crippen LogP contribution in [0.15, 0.2) is 29.1 Å². The van der Waals surface area contributed by atoms with Crippen molar-refractivity contribution in [2.24, 2.45) is 5.41 Å². The number of amides is 2. The van der Waals surface area contributed by atoms with Gasteiger partial charge in [-0.15, -0.1) is 0 Å². The number of cyclic esters (lactones) is 1. The van der Waals surface area contributed by atoms with Gasteiger partial charge in [0.15, 0.2) is 5.60 Å². The second-order valence-electron chi connectivity index (χ2n) is 18.9. The van der Waals surface area contributed by atoms with Crippen molar-refractivity contribution in [2.45, 2.75) is 103 Å². The van der Waals surface area contributed by atoms with Gasteiger partial charge in [0.05, 0.1) is 121 Å². The number of ether oxygens (including phenoxy) is 8. The summed E-state index contributed by atoms with van der Waals surface area (Å²) in [5, 5.41) is 30.0. The minimum Gasteiger partial charge on any atom is -0.481 e. The van der Waals surface area contributed by atoms with E-state index in [1.54, 1.807) is 19.9 Å². The topological polar surface area (TPSA) is 254 Å². The Bertz CT molecular complexity index is 2540. The lowest BCUT2D eigenvalue weighted by molar-refractivity contribution is -0.172. The van der Waals surface area contributed by atoms with Crippen molar-refractivity contribution in [1.82, 2.24) is 25.5 Å². The smallest absolute Gasteiger partial charge is 0.408 e. The van der Waals surface area contributed by atoms with Gasteiger partial charge in [-0.05, 0) is 80.7 Å². The number of rotatable bonds is 28. The second kappa shape index (κ2) is 26.2. The van der Waals surface area contributed by atoms with Crippen molar-refractivity contribution in [1.29, 1.82) is 0 Å². The van der Waals surface area contributed by atoms with Gasteiger partial charge in [-0.25, -0.2) is 19.0 Å². The lowest BCUT2D eigenvalue weighted by atomic mass is 9.78. The Morgan fingerprint density at radius 3 is 2.16 bits per heavy atom. The van der Waals surface area contributed by atoms with Crippen LogP contribution < -0.4 is 21.5 Å². The normalized spacial score (nSPS) is 21.4. The van der Waals surface area contributed by atoms with Crippen LogP contribution in [0.4, 0.5) is 9.18 Å². The van der Waals surface area contributed by atoms with Crippen LogP contribution in [0.2, 0.25) is 0 Å². The van der Waals surface area contributed by atoms with E-state index >= 15 is 4.39 Å². The number of fused-ring (bicyclic) bond motifs is 5. The number of alkyl carbamates (subject to hydrolysis) is 1. The highest BCUT2D eigenvalue weighted by Crippen LogP contribution is 2.46. The standard InChI is InChI=1S/C52H70FN5O15/c1-4-52(65)38-29-42-46-36(31-58(42)47(61)37(38)32-72-49(52)63)45-40(9-8-35-33(2)39(53)30-41(56-46)44(35)45)57-50(64)73-34-7-5-6-12-51(3,13-10-34)48(62)55-16-20-69-24-28-71-27-23-68-19-15-54-14-18-67-22-26-70-25-21-66-17-11-43(59)60/h5,7,29-30,34,40,54,65H,4,6,8-28,31-32H2,1-3H3,(H,55,62)(H,57,64)(H,59,60)/b7-5+/t34-,40-,51+,52-/m0/s1. The number of aliphatic carboxylic acids is 1. The first kappa shape index (κ1) is 55.4. The van der Waals surface area contributed by atoms with Crippen LogP contribution in [0.25, 0.3) is 22.3 Å². The van der Waals surface area contributed by atoms with Gasteiger partial charge < -0.3 is 68.6 Å². The van der Waals surface area contributed by atoms with E-state index in [2.05, 4.69) is 16.0 Å². The lowest BCUT2D eigenvalue weighted by Crippen LogP contribution is -2.44. The van der Waals surface area contributed by atoms with Crippen LogP contribution in [0.1, 0.15) is 98.2 Å². The molecule has 0 saturated carbocycles. The van der Waals surface area contributed by atoms with Crippen molar-refractivity contribution in [3.63, 3.8) is 0 Å². The number of carboxylic acid groups (broad SMARTS) is 1. The Morgan fingerprint density at radius 2 is 1.51 bits per heavy atom. The zero-order valence-corrected chi connectivity index (χ0v) is 42.1. The van der Waals surface area contributed by atoms with Crippen LogP contribution in [-0.2, 0) is 77.5 Å². The molecule has 21 heteroatoms. The molecule has 3 aromatic rings. The Kier molecular flexibility index (Phi) is 19.9. The second-order valence-corrected chi connectivity index (χ2v) is 18.9. The molecule has 2 aromatic heterocycles. The van der Waals surface area contributed by atoms with Gasteiger partial charge in [0.2, 0.25) is 5.91 Å². The minimum atomic E-state index is -2.01. The van der Waals surface area contributed by atoms with Gasteiger partial charge in [0, 0.05) is 47.6 Å². The lowest BCUT2D eigenvalue weighted by Gasteiger charge is -2.32. The molecule has 5 N–H and O–H groups in total. The summed E-state index contributed by atoms with van der Waals surface area (Å²) in [6, 6.07) is 2.40. The van der Waals surface area contributed by atoms with Crippen molar-refractivity contribution in [2.75, 3.05) is 98.9 Å².